The molecule has 3 rings (SSSR count). The van der Waals surface area contributed by atoms with E-state index in [0.29, 0.717) is 10.8 Å². The Morgan fingerprint density at radius 1 is 1.06 bits per heavy atom. The van der Waals surface area contributed by atoms with Crippen molar-refractivity contribution < 1.29 is 14.3 Å². The second-order valence-corrected chi connectivity index (χ2v) is 10.6. The number of ether oxygens (including phenoxy) is 1. The molecule has 0 radical (unpaired) electrons. The second kappa shape index (κ2) is 11.7. The molecule has 1 atom stereocenters. The van der Waals surface area contributed by atoms with E-state index in [-0.39, 0.29) is 36.4 Å². The molecule has 0 heterocycles. The first-order valence-electron chi connectivity index (χ1n) is 12.2. The molecule has 2 aromatic carbocycles. The summed E-state index contributed by atoms with van der Waals surface area (Å²) in [4.78, 5) is 27.9. The Bertz CT molecular complexity index is 962. The SMILES string of the molecule is C[C@@H](C(=O)NC1CCCCC1)N(Cc1ccccc1Cl)C(=O)COc1ccc(C(C)(C)C)cc1. The smallest absolute Gasteiger partial charge is 0.261 e. The van der Waals surface area contributed by atoms with Crippen LogP contribution in [0.15, 0.2) is 48.5 Å². The van der Waals surface area contributed by atoms with Crippen LogP contribution in [-0.2, 0) is 21.5 Å². The third-order valence-electron chi connectivity index (χ3n) is 6.50. The number of amides is 2. The first-order valence-corrected chi connectivity index (χ1v) is 12.6. The predicted molar refractivity (Wildman–Crippen MR) is 137 cm³/mol. The van der Waals surface area contributed by atoms with Crippen molar-refractivity contribution in [1.29, 1.82) is 0 Å². The van der Waals surface area contributed by atoms with E-state index in [0.717, 1.165) is 31.2 Å². The van der Waals surface area contributed by atoms with Crippen molar-refractivity contribution in [3.8, 4) is 5.75 Å². The topological polar surface area (TPSA) is 58.6 Å². The predicted octanol–water partition coefficient (Wildman–Crippen LogP) is 5.88. The summed E-state index contributed by atoms with van der Waals surface area (Å²) in [7, 11) is 0. The first kappa shape index (κ1) is 26.1. The molecule has 1 N–H and O–H groups in total. The zero-order chi connectivity index (χ0) is 24.7. The van der Waals surface area contributed by atoms with Gasteiger partial charge in [0, 0.05) is 17.6 Å². The minimum Gasteiger partial charge on any atom is -0.484 e. The summed E-state index contributed by atoms with van der Waals surface area (Å²) >= 11 is 6.37. The van der Waals surface area contributed by atoms with E-state index in [1.165, 1.54) is 12.0 Å². The van der Waals surface area contributed by atoms with Crippen LogP contribution in [0.5, 0.6) is 5.75 Å². The lowest BCUT2D eigenvalue weighted by Gasteiger charge is -2.31. The van der Waals surface area contributed by atoms with Gasteiger partial charge in [-0.1, -0.05) is 82.0 Å². The standard InChI is InChI=1S/C28H37ClN2O3/c1-20(27(33)30-23-11-6-5-7-12-23)31(18-21-10-8-9-13-25(21)29)26(32)19-34-24-16-14-22(15-17-24)28(2,3)4/h8-10,13-17,20,23H,5-7,11-12,18-19H2,1-4H3,(H,30,33)/t20-/m0/s1. The van der Waals surface area contributed by atoms with Crippen LogP contribution in [-0.4, -0.2) is 35.4 Å². The van der Waals surface area contributed by atoms with Gasteiger partial charge in [-0.15, -0.1) is 0 Å². The summed E-state index contributed by atoms with van der Waals surface area (Å²) in [6.07, 6.45) is 5.45. The van der Waals surface area contributed by atoms with Gasteiger partial charge in [0.1, 0.15) is 11.8 Å². The molecular weight excluding hydrogens is 448 g/mol. The van der Waals surface area contributed by atoms with Gasteiger partial charge in [-0.25, -0.2) is 0 Å². The zero-order valence-electron chi connectivity index (χ0n) is 20.8. The Morgan fingerprint density at radius 2 is 1.71 bits per heavy atom. The second-order valence-electron chi connectivity index (χ2n) is 10.2. The quantitative estimate of drug-likeness (QED) is 0.508. The van der Waals surface area contributed by atoms with Crippen molar-refractivity contribution >= 4 is 23.4 Å². The molecule has 1 aliphatic rings. The number of nitrogens with one attached hydrogen (secondary N) is 1. The van der Waals surface area contributed by atoms with Crippen LogP contribution in [0.3, 0.4) is 0 Å². The van der Waals surface area contributed by atoms with Crippen LogP contribution in [0.25, 0.3) is 0 Å². The lowest BCUT2D eigenvalue weighted by atomic mass is 9.87. The highest BCUT2D eigenvalue weighted by Crippen LogP contribution is 2.25. The van der Waals surface area contributed by atoms with E-state index in [1.807, 2.05) is 42.5 Å². The Hall–Kier alpha value is -2.53. The molecule has 6 heteroatoms. The molecule has 0 unspecified atom stereocenters. The van der Waals surface area contributed by atoms with Crippen molar-refractivity contribution in [2.45, 2.75) is 83.8 Å². The van der Waals surface area contributed by atoms with E-state index >= 15 is 0 Å². The largest absolute Gasteiger partial charge is 0.484 e. The average Bonchev–Trinajstić information content (AvgIpc) is 2.82. The number of benzene rings is 2. The molecule has 0 spiro atoms. The van der Waals surface area contributed by atoms with E-state index in [4.69, 9.17) is 16.3 Å². The molecule has 5 nitrogen and oxygen atoms in total. The molecule has 1 saturated carbocycles. The van der Waals surface area contributed by atoms with Crippen LogP contribution in [0.2, 0.25) is 5.02 Å². The zero-order valence-corrected chi connectivity index (χ0v) is 21.5. The maximum Gasteiger partial charge on any atom is 0.261 e. The van der Waals surface area contributed by atoms with Gasteiger partial charge in [0.2, 0.25) is 5.91 Å². The molecule has 0 bridgehead atoms. The third-order valence-corrected chi connectivity index (χ3v) is 6.87. The summed E-state index contributed by atoms with van der Waals surface area (Å²) in [5.41, 5.74) is 2.03. The van der Waals surface area contributed by atoms with Crippen molar-refractivity contribution in [2.24, 2.45) is 0 Å². The van der Waals surface area contributed by atoms with Gasteiger partial charge in [-0.3, -0.25) is 9.59 Å². The lowest BCUT2D eigenvalue weighted by molar-refractivity contribution is -0.142. The van der Waals surface area contributed by atoms with E-state index in [9.17, 15) is 9.59 Å². The molecule has 2 aromatic rings. The van der Waals surface area contributed by atoms with Crippen molar-refractivity contribution in [2.75, 3.05) is 6.61 Å². The maximum absolute atomic E-state index is 13.3. The molecule has 0 aliphatic heterocycles. The number of hydrogen-bond acceptors (Lipinski definition) is 3. The van der Waals surface area contributed by atoms with Crippen molar-refractivity contribution in [3.63, 3.8) is 0 Å². The summed E-state index contributed by atoms with van der Waals surface area (Å²) < 4.78 is 5.81. The minimum atomic E-state index is -0.641. The molecule has 0 aromatic heterocycles. The van der Waals surface area contributed by atoms with Gasteiger partial charge < -0.3 is 15.0 Å². The molecule has 1 fully saturated rings. The average molecular weight is 485 g/mol. The molecule has 2 amide bonds. The van der Waals surface area contributed by atoms with Crippen molar-refractivity contribution in [1.82, 2.24) is 10.2 Å². The number of hydrogen-bond donors (Lipinski definition) is 1. The van der Waals surface area contributed by atoms with Gasteiger partial charge in [0.05, 0.1) is 0 Å². The van der Waals surface area contributed by atoms with Gasteiger partial charge in [-0.05, 0) is 54.5 Å². The van der Waals surface area contributed by atoms with Crippen LogP contribution in [0, 0.1) is 0 Å². The van der Waals surface area contributed by atoms with Crippen LogP contribution >= 0.6 is 11.6 Å². The Labute approximate surface area is 208 Å². The molecule has 184 valence electrons. The lowest BCUT2D eigenvalue weighted by Crippen LogP contribution is -2.51. The molecule has 0 saturated heterocycles. The number of carbonyl (C=O) groups is 2. The molecule has 34 heavy (non-hydrogen) atoms. The Balaban J connectivity index is 1.70. The summed E-state index contributed by atoms with van der Waals surface area (Å²) in [6, 6.07) is 14.7. The fourth-order valence-corrected chi connectivity index (χ4v) is 4.44. The highest BCUT2D eigenvalue weighted by Gasteiger charge is 2.29. The van der Waals surface area contributed by atoms with E-state index < -0.39 is 6.04 Å². The number of rotatable bonds is 8. The van der Waals surface area contributed by atoms with Gasteiger partial charge in [0.15, 0.2) is 6.61 Å². The van der Waals surface area contributed by atoms with Crippen LogP contribution in [0.1, 0.15) is 70.9 Å². The Morgan fingerprint density at radius 3 is 2.32 bits per heavy atom. The number of carbonyl (C=O) groups excluding carboxylic acids is 2. The van der Waals surface area contributed by atoms with Gasteiger partial charge in [-0.2, -0.15) is 0 Å². The van der Waals surface area contributed by atoms with Crippen molar-refractivity contribution in [3.05, 3.63) is 64.7 Å². The Kier molecular flexibility index (Phi) is 9.01. The van der Waals surface area contributed by atoms with Gasteiger partial charge in [0.25, 0.3) is 5.91 Å². The van der Waals surface area contributed by atoms with Gasteiger partial charge >= 0.3 is 0 Å². The fraction of sp³-hybridized carbons (Fsp3) is 0.500. The first-order chi connectivity index (χ1) is 16.1. The maximum atomic E-state index is 13.3. The molecular formula is C28H37ClN2O3. The summed E-state index contributed by atoms with van der Waals surface area (Å²) in [6.45, 7) is 8.31. The summed E-state index contributed by atoms with van der Waals surface area (Å²) in [5, 5.41) is 3.71. The monoisotopic (exact) mass is 484 g/mol. The van der Waals surface area contributed by atoms with E-state index in [1.54, 1.807) is 17.9 Å². The van der Waals surface area contributed by atoms with Crippen LogP contribution in [0.4, 0.5) is 0 Å². The third kappa shape index (κ3) is 7.23. The highest BCUT2D eigenvalue weighted by atomic mass is 35.5. The van der Waals surface area contributed by atoms with Crippen LogP contribution < -0.4 is 10.1 Å². The molecule has 1 aliphatic carbocycles. The highest BCUT2D eigenvalue weighted by molar-refractivity contribution is 6.31. The summed E-state index contributed by atoms with van der Waals surface area (Å²) in [5.74, 6) is 0.228. The van der Waals surface area contributed by atoms with E-state index in [2.05, 4.69) is 26.1 Å². The fourth-order valence-electron chi connectivity index (χ4n) is 4.24. The number of nitrogens with zero attached hydrogens (tertiary/aromatic N) is 1. The normalized spacial score (nSPS) is 15.4. The minimum absolute atomic E-state index is 0.0429. The number of halogens is 1.